The molecule has 1 atom stereocenters. The number of ether oxygens (including phenoxy) is 2. The topological polar surface area (TPSA) is 38.8 Å². The molecule has 0 aromatic heterocycles. The number of carbonyl (C=O) groups excluding carboxylic acids is 1. The maximum absolute atomic E-state index is 13.5. The van der Waals surface area contributed by atoms with Gasteiger partial charge in [0.2, 0.25) is 0 Å². The number of aldehydes is 1. The molecule has 0 heterocycles. The largest absolute Gasteiger partial charge is 0.383 e. The van der Waals surface area contributed by atoms with Gasteiger partial charge in [0.25, 0.3) is 0 Å². The van der Waals surface area contributed by atoms with E-state index in [4.69, 9.17) is 9.47 Å². The van der Waals surface area contributed by atoms with Gasteiger partial charge in [-0.1, -0.05) is 0 Å². The molecule has 0 saturated carbocycles. The van der Waals surface area contributed by atoms with E-state index in [1.807, 2.05) is 11.8 Å². The van der Waals surface area contributed by atoms with Gasteiger partial charge >= 0.3 is 0 Å². The second-order valence-corrected chi connectivity index (χ2v) is 4.35. The minimum atomic E-state index is -0.424. The Balaban J connectivity index is 3.01. The first-order valence-corrected chi connectivity index (χ1v) is 6.12. The summed E-state index contributed by atoms with van der Waals surface area (Å²) in [5.41, 5.74) is 0.978. The van der Waals surface area contributed by atoms with Crippen molar-refractivity contribution in [1.82, 2.24) is 0 Å². The van der Waals surface area contributed by atoms with E-state index in [2.05, 4.69) is 0 Å². The van der Waals surface area contributed by atoms with Crippen LogP contribution in [-0.4, -0.2) is 46.3 Å². The number of rotatable bonds is 8. The molecule has 1 aromatic rings. The maximum Gasteiger partial charge on any atom is 0.150 e. The molecule has 4 nitrogen and oxygen atoms in total. The minimum absolute atomic E-state index is 0.0569. The Bertz CT molecular complexity index is 412. The van der Waals surface area contributed by atoms with Gasteiger partial charge in [-0.25, -0.2) is 4.39 Å². The van der Waals surface area contributed by atoms with Crippen molar-refractivity contribution in [2.24, 2.45) is 0 Å². The summed E-state index contributed by atoms with van der Waals surface area (Å²) in [7, 11) is 3.23. The van der Waals surface area contributed by atoms with Gasteiger partial charge in [-0.3, -0.25) is 4.79 Å². The smallest absolute Gasteiger partial charge is 0.150 e. The average molecular weight is 269 g/mol. The van der Waals surface area contributed by atoms with Gasteiger partial charge in [0.1, 0.15) is 12.1 Å². The molecule has 1 aromatic carbocycles. The summed E-state index contributed by atoms with van der Waals surface area (Å²) in [4.78, 5) is 12.8. The van der Waals surface area contributed by atoms with Crippen LogP contribution in [0.4, 0.5) is 10.1 Å². The molecular weight excluding hydrogens is 249 g/mol. The van der Waals surface area contributed by atoms with Crippen LogP contribution in [0.1, 0.15) is 17.3 Å². The monoisotopic (exact) mass is 269 g/mol. The highest BCUT2D eigenvalue weighted by Crippen LogP contribution is 2.20. The Hall–Kier alpha value is -1.46. The fraction of sp³-hybridized carbons (Fsp3) is 0.500. The van der Waals surface area contributed by atoms with E-state index in [0.717, 1.165) is 0 Å². The average Bonchev–Trinajstić information content (AvgIpc) is 2.39. The summed E-state index contributed by atoms with van der Waals surface area (Å²) >= 11 is 0. The molecule has 0 radical (unpaired) electrons. The molecule has 0 fully saturated rings. The van der Waals surface area contributed by atoms with Gasteiger partial charge in [-0.15, -0.1) is 0 Å². The molecule has 0 spiro atoms. The summed E-state index contributed by atoms with van der Waals surface area (Å²) in [6.45, 7) is 3.60. The predicted octanol–water partition coefficient (Wildman–Crippen LogP) is 2.13. The van der Waals surface area contributed by atoms with Crippen LogP contribution in [0.2, 0.25) is 0 Å². The zero-order valence-corrected chi connectivity index (χ0v) is 11.6. The maximum atomic E-state index is 13.5. The number of hydrogen-bond donors (Lipinski definition) is 0. The summed E-state index contributed by atoms with van der Waals surface area (Å²) in [5.74, 6) is -0.424. The van der Waals surface area contributed by atoms with Crippen molar-refractivity contribution in [3.8, 4) is 0 Å². The van der Waals surface area contributed by atoms with Crippen LogP contribution in [0.3, 0.4) is 0 Å². The van der Waals surface area contributed by atoms with Gasteiger partial charge in [-0.2, -0.15) is 0 Å². The number of carbonyl (C=O) groups is 1. The van der Waals surface area contributed by atoms with Crippen molar-refractivity contribution in [2.45, 2.75) is 13.0 Å². The van der Waals surface area contributed by atoms with Gasteiger partial charge in [0.05, 0.1) is 13.2 Å². The van der Waals surface area contributed by atoms with E-state index in [1.54, 1.807) is 20.3 Å². The Labute approximate surface area is 113 Å². The molecule has 0 aliphatic heterocycles. The Kier molecular flexibility index (Phi) is 6.45. The molecule has 1 unspecified atom stereocenters. The van der Waals surface area contributed by atoms with E-state index in [1.165, 1.54) is 12.1 Å². The summed E-state index contributed by atoms with van der Waals surface area (Å²) in [6.07, 6.45) is 0.641. The number of anilines is 1. The molecular formula is C14H20FNO3. The number of hydrogen-bond acceptors (Lipinski definition) is 4. The molecule has 19 heavy (non-hydrogen) atoms. The third-order valence-corrected chi connectivity index (χ3v) is 2.85. The highest BCUT2D eigenvalue weighted by molar-refractivity contribution is 5.77. The van der Waals surface area contributed by atoms with Crippen molar-refractivity contribution in [2.75, 3.05) is 38.9 Å². The van der Waals surface area contributed by atoms with Crippen LogP contribution in [-0.2, 0) is 9.47 Å². The van der Waals surface area contributed by atoms with Crippen LogP contribution in [0, 0.1) is 5.82 Å². The van der Waals surface area contributed by atoms with Gasteiger partial charge in [0, 0.05) is 38.1 Å². The quantitative estimate of drug-likeness (QED) is 0.678. The zero-order valence-electron chi connectivity index (χ0n) is 11.6. The first-order chi connectivity index (χ1) is 9.12. The van der Waals surface area contributed by atoms with Crippen LogP contribution in [0.5, 0.6) is 0 Å². The number of benzene rings is 1. The highest BCUT2D eigenvalue weighted by Gasteiger charge is 2.15. The lowest BCUT2D eigenvalue weighted by Gasteiger charge is -2.31. The molecule has 106 valence electrons. The Morgan fingerprint density at radius 1 is 1.32 bits per heavy atom. The number of methoxy groups -OCH3 is 2. The standard InChI is InChI=1S/C14H20FNO3/c1-11(10-19-3)16(4-5-18-2)14-7-12(9-17)6-13(15)8-14/h6-9,11H,4-5,10H2,1-3H3. The highest BCUT2D eigenvalue weighted by atomic mass is 19.1. The van der Waals surface area contributed by atoms with Crippen molar-refractivity contribution in [1.29, 1.82) is 0 Å². The lowest BCUT2D eigenvalue weighted by Crippen LogP contribution is -2.38. The molecule has 0 aliphatic rings. The molecule has 1 rings (SSSR count). The molecule has 0 bridgehead atoms. The fourth-order valence-corrected chi connectivity index (χ4v) is 1.95. The van der Waals surface area contributed by atoms with E-state index in [-0.39, 0.29) is 6.04 Å². The predicted molar refractivity (Wildman–Crippen MR) is 72.3 cm³/mol. The van der Waals surface area contributed by atoms with E-state index >= 15 is 0 Å². The molecule has 5 heteroatoms. The molecule has 0 N–H and O–H groups in total. The second kappa shape index (κ2) is 7.86. The SMILES string of the molecule is COCCN(c1cc(F)cc(C=O)c1)C(C)COC. The van der Waals surface area contributed by atoms with Gasteiger partial charge in [0.15, 0.2) is 0 Å². The summed E-state index contributed by atoms with van der Waals surface area (Å²) in [5, 5.41) is 0. The summed E-state index contributed by atoms with van der Waals surface area (Å²) in [6, 6.07) is 4.35. The van der Waals surface area contributed by atoms with Crippen molar-refractivity contribution in [3.05, 3.63) is 29.6 Å². The van der Waals surface area contributed by atoms with E-state index in [0.29, 0.717) is 37.3 Å². The second-order valence-electron chi connectivity index (χ2n) is 4.35. The van der Waals surface area contributed by atoms with E-state index < -0.39 is 5.82 Å². The zero-order chi connectivity index (χ0) is 14.3. The van der Waals surface area contributed by atoms with Gasteiger partial charge in [-0.05, 0) is 25.1 Å². The van der Waals surface area contributed by atoms with Gasteiger partial charge < -0.3 is 14.4 Å². The van der Waals surface area contributed by atoms with E-state index in [9.17, 15) is 9.18 Å². The number of nitrogens with zero attached hydrogens (tertiary/aromatic N) is 1. The first-order valence-electron chi connectivity index (χ1n) is 6.12. The van der Waals surface area contributed by atoms with Crippen molar-refractivity contribution in [3.63, 3.8) is 0 Å². The van der Waals surface area contributed by atoms with Crippen LogP contribution < -0.4 is 4.90 Å². The minimum Gasteiger partial charge on any atom is -0.383 e. The third-order valence-electron chi connectivity index (χ3n) is 2.85. The molecule has 0 saturated heterocycles. The van der Waals surface area contributed by atoms with Crippen molar-refractivity contribution >= 4 is 12.0 Å². The molecule has 0 amide bonds. The van der Waals surface area contributed by atoms with Crippen molar-refractivity contribution < 1.29 is 18.7 Å². The third kappa shape index (κ3) is 4.61. The van der Waals surface area contributed by atoms with Crippen LogP contribution in [0.25, 0.3) is 0 Å². The lowest BCUT2D eigenvalue weighted by atomic mass is 10.1. The normalized spacial score (nSPS) is 12.2. The fourth-order valence-electron chi connectivity index (χ4n) is 1.95. The molecule has 0 aliphatic carbocycles. The lowest BCUT2D eigenvalue weighted by molar-refractivity contribution is 0.112. The summed E-state index contributed by atoms with van der Waals surface area (Å²) < 4.78 is 23.7. The first kappa shape index (κ1) is 15.6. The number of halogens is 1. The van der Waals surface area contributed by atoms with Crippen LogP contribution >= 0.6 is 0 Å². The Morgan fingerprint density at radius 2 is 2.05 bits per heavy atom. The van der Waals surface area contributed by atoms with Crippen LogP contribution in [0.15, 0.2) is 18.2 Å². The Morgan fingerprint density at radius 3 is 2.63 bits per heavy atom.